The van der Waals surface area contributed by atoms with Crippen molar-refractivity contribution < 1.29 is 19.1 Å². The van der Waals surface area contributed by atoms with Crippen molar-refractivity contribution in [1.29, 1.82) is 0 Å². The highest BCUT2D eigenvalue weighted by molar-refractivity contribution is 7.80. The molecule has 3 aromatic rings. The van der Waals surface area contributed by atoms with Crippen molar-refractivity contribution in [2.45, 2.75) is 25.4 Å². The van der Waals surface area contributed by atoms with Gasteiger partial charge in [0.15, 0.2) is 16.6 Å². The maximum absolute atomic E-state index is 13.4. The summed E-state index contributed by atoms with van der Waals surface area (Å²) in [6.45, 7) is 0.864. The fraction of sp³-hybridized carbons (Fsp3) is 0.222. The van der Waals surface area contributed by atoms with Crippen LogP contribution in [0.3, 0.4) is 0 Å². The topological polar surface area (TPSA) is 71.1 Å². The molecule has 2 heterocycles. The normalized spacial score (nSPS) is 16.5. The summed E-state index contributed by atoms with van der Waals surface area (Å²) >= 11 is 5.74. The molecule has 0 radical (unpaired) electrons. The van der Waals surface area contributed by atoms with E-state index >= 15 is 0 Å². The van der Waals surface area contributed by atoms with Gasteiger partial charge in [-0.2, -0.15) is 0 Å². The molecule has 1 unspecified atom stereocenters. The van der Waals surface area contributed by atoms with Gasteiger partial charge < -0.3 is 19.7 Å². The second kappa shape index (κ2) is 10.1. The first-order valence-electron chi connectivity index (χ1n) is 11.5. The minimum Gasteiger partial charge on any atom is -0.454 e. The second-order valence-corrected chi connectivity index (χ2v) is 8.84. The van der Waals surface area contributed by atoms with E-state index in [9.17, 15) is 9.59 Å². The van der Waals surface area contributed by atoms with Crippen LogP contribution in [0, 0.1) is 0 Å². The number of para-hydroxylation sites is 1. The summed E-state index contributed by atoms with van der Waals surface area (Å²) in [5.41, 5.74) is 2.79. The standard InChI is InChI=1S/C27H25N3O4S/c31-25-16-22(26(32)29(25)14-13-19-7-3-1-4-8-19)30(27(35)28-21-9-5-2-6-10-21)17-20-11-12-23-24(15-20)34-18-33-23/h1-12,15,22H,13-14,16-18H2,(H,28,35). The maximum Gasteiger partial charge on any atom is 0.252 e. The van der Waals surface area contributed by atoms with Gasteiger partial charge in [-0.25, -0.2) is 0 Å². The third kappa shape index (κ3) is 5.12. The molecule has 1 saturated heterocycles. The zero-order valence-corrected chi connectivity index (χ0v) is 19.9. The van der Waals surface area contributed by atoms with Gasteiger partial charge in [-0.1, -0.05) is 54.6 Å². The number of carbonyl (C=O) groups is 2. The van der Waals surface area contributed by atoms with Crippen molar-refractivity contribution in [2.75, 3.05) is 18.7 Å². The number of carbonyl (C=O) groups excluding carboxylic acids is 2. The lowest BCUT2D eigenvalue weighted by molar-refractivity contribution is -0.139. The van der Waals surface area contributed by atoms with Gasteiger partial charge >= 0.3 is 0 Å². The minimum atomic E-state index is -0.688. The number of nitrogens with zero attached hydrogens (tertiary/aromatic N) is 2. The lowest BCUT2D eigenvalue weighted by Gasteiger charge is -2.30. The highest BCUT2D eigenvalue weighted by Crippen LogP contribution is 2.33. The third-order valence-corrected chi connectivity index (χ3v) is 6.48. The predicted molar refractivity (Wildman–Crippen MR) is 136 cm³/mol. The average Bonchev–Trinajstić information content (AvgIpc) is 3.46. The molecule has 178 valence electrons. The zero-order valence-electron chi connectivity index (χ0n) is 19.1. The lowest BCUT2D eigenvalue weighted by atomic mass is 10.1. The van der Waals surface area contributed by atoms with E-state index in [0.717, 1.165) is 16.8 Å². The van der Waals surface area contributed by atoms with Crippen LogP contribution in [0.25, 0.3) is 0 Å². The Balaban J connectivity index is 1.36. The van der Waals surface area contributed by atoms with E-state index in [1.54, 1.807) is 4.90 Å². The summed E-state index contributed by atoms with van der Waals surface area (Å²) in [7, 11) is 0. The summed E-state index contributed by atoms with van der Waals surface area (Å²) < 4.78 is 10.9. The largest absolute Gasteiger partial charge is 0.454 e. The molecule has 2 aliphatic heterocycles. The SMILES string of the molecule is O=C1CC(N(Cc2ccc3c(c2)OCO3)C(=S)Nc2ccccc2)C(=O)N1CCc1ccccc1. The van der Waals surface area contributed by atoms with E-state index in [1.807, 2.05) is 78.9 Å². The fourth-order valence-corrected chi connectivity index (χ4v) is 4.62. The van der Waals surface area contributed by atoms with Crippen molar-refractivity contribution in [2.24, 2.45) is 0 Å². The number of thiocarbonyl (C=S) groups is 1. The van der Waals surface area contributed by atoms with E-state index in [0.29, 0.717) is 36.1 Å². The third-order valence-electron chi connectivity index (χ3n) is 6.14. The minimum absolute atomic E-state index is 0.0782. The van der Waals surface area contributed by atoms with Crippen LogP contribution in [0.4, 0.5) is 5.69 Å². The monoisotopic (exact) mass is 487 g/mol. The summed E-state index contributed by atoms with van der Waals surface area (Å²) in [5.74, 6) is 0.921. The van der Waals surface area contributed by atoms with Crippen molar-refractivity contribution in [3.63, 3.8) is 0 Å². The van der Waals surface area contributed by atoms with Crippen LogP contribution in [0.1, 0.15) is 17.5 Å². The first-order chi connectivity index (χ1) is 17.1. The van der Waals surface area contributed by atoms with Crippen LogP contribution >= 0.6 is 12.2 Å². The van der Waals surface area contributed by atoms with Gasteiger partial charge in [-0.15, -0.1) is 0 Å². The molecule has 35 heavy (non-hydrogen) atoms. The lowest BCUT2D eigenvalue weighted by Crippen LogP contribution is -2.46. The number of amides is 2. The molecule has 0 aliphatic carbocycles. The smallest absolute Gasteiger partial charge is 0.252 e. The first-order valence-corrected chi connectivity index (χ1v) is 11.9. The number of hydrogen-bond donors (Lipinski definition) is 1. The van der Waals surface area contributed by atoms with E-state index in [1.165, 1.54) is 4.90 Å². The number of fused-ring (bicyclic) bond motifs is 1. The molecule has 7 nitrogen and oxygen atoms in total. The van der Waals surface area contributed by atoms with Gasteiger partial charge in [0.2, 0.25) is 12.7 Å². The second-order valence-electron chi connectivity index (χ2n) is 8.45. The summed E-state index contributed by atoms with van der Waals surface area (Å²) in [5, 5.41) is 3.60. The van der Waals surface area contributed by atoms with Gasteiger partial charge in [0.05, 0.1) is 6.42 Å². The molecule has 2 amide bonds. The van der Waals surface area contributed by atoms with Gasteiger partial charge in [0.1, 0.15) is 6.04 Å². The van der Waals surface area contributed by atoms with Crippen LogP contribution in [-0.2, 0) is 22.6 Å². The van der Waals surface area contributed by atoms with Crippen LogP contribution in [0.15, 0.2) is 78.9 Å². The first kappa shape index (κ1) is 22.9. The Labute approximate surface area is 209 Å². The molecule has 1 N–H and O–H groups in total. The van der Waals surface area contributed by atoms with Gasteiger partial charge in [-0.05, 0) is 54.0 Å². The highest BCUT2D eigenvalue weighted by Gasteiger charge is 2.42. The van der Waals surface area contributed by atoms with Gasteiger partial charge in [0, 0.05) is 18.8 Å². The number of hydrogen-bond acceptors (Lipinski definition) is 5. The molecular weight excluding hydrogens is 462 g/mol. The molecule has 1 fully saturated rings. The van der Waals surface area contributed by atoms with Gasteiger partial charge in [-0.3, -0.25) is 14.5 Å². The Morgan fingerprint density at radius 2 is 1.66 bits per heavy atom. The van der Waals surface area contributed by atoms with E-state index < -0.39 is 6.04 Å². The van der Waals surface area contributed by atoms with Crippen LogP contribution in [0.5, 0.6) is 11.5 Å². The Morgan fingerprint density at radius 1 is 0.943 bits per heavy atom. The van der Waals surface area contributed by atoms with E-state index in [2.05, 4.69) is 5.32 Å². The van der Waals surface area contributed by atoms with Crippen molar-refractivity contribution >= 4 is 34.8 Å². The highest BCUT2D eigenvalue weighted by atomic mass is 32.1. The molecule has 2 aliphatic rings. The fourth-order valence-electron chi connectivity index (χ4n) is 4.31. The quantitative estimate of drug-likeness (QED) is 0.399. The van der Waals surface area contributed by atoms with Crippen molar-refractivity contribution in [3.8, 4) is 11.5 Å². The zero-order chi connectivity index (χ0) is 24.2. The molecular formula is C27H25N3O4S. The Bertz CT molecular complexity index is 1240. The molecule has 0 aromatic heterocycles. The van der Waals surface area contributed by atoms with Crippen molar-refractivity contribution in [3.05, 3.63) is 90.0 Å². The van der Waals surface area contributed by atoms with E-state index in [-0.39, 0.29) is 25.0 Å². The number of anilines is 1. The number of rotatable bonds is 7. The number of imide groups is 1. The maximum atomic E-state index is 13.4. The Kier molecular flexibility index (Phi) is 6.63. The molecule has 8 heteroatoms. The van der Waals surface area contributed by atoms with Crippen LogP contribution < -0.4 is 14.8 Å². The summed E-state index contributed by atoms with van der Waals surface area (Å²) in [6.07, 6.45) is 0.689. The van der Waals surface area contributed by atoms with Crippen molar-refractivity contribution in [1.82, 2.24) is 9.80 Å². The predicted octanol–water partition coefficient (Wildman–Crippen LogP) is 3.98. The molecule has 0 bridgehead atoms. The van der Waals surface area contributed by atoms with Crippen LogP contribution in [-0.4, -0.2) is 46.1 Å². The Morgan fingerprint density at radius 3 is 2.43 bits per heavy atom. The van der Waals surface area contributed by atoms with E-state index in [4.69, 9.17) is 21.7 Å². The number of nitrogens with one attached hydrogen (secondary N) is 1. The number of benzene rings is 3. The average molecular weight is 488 g/mol. The molecule has 0 saturated carbocycles. The number of ether oxygens (including phenoxy) is 2. The summed E-state index contributed by atoms with van der Waals surface area (Å²) in [6, 6.07) is 24.3. The number of likely N-dealkylation sites (tertiary alicyclic amines) is 1. The van der Waals surface area contributed by atoms with Crippen LogP contribution in [0.2, 0.25) is 0 Å². The molecule has 0 spiro atoms. The Hall–Kier alpha value is -3.91. The van der Waals surface area contributed by atoms with Gasteiger partial charge in [0.25, 0.3) is 5.91 Å². The molecule has 3 aromatic carbocycles. The molecule has 5 rings (SSSR count). The molecule has 1 atom stereocenters. The summed E-state index contributed by atoms with van der Waals surface area (Å²) in [4.78, 5) is 29.5.